The second-order valence-corrected chi connectivity index (χ2v) is 9.12. The van der Waals surface area contributed by atoms with Crippen molar-refractivity contribution in [2.24, 2.45) is 10.9 Å². The first-order valence-electron chi connectivity index (χ1n) is 12.2. The zero-order chi connectivity index (χ0) is 22.3. The third kappa shape index (κ3) is 5.91. The summed E-state index contributed by atoms with van der Waals surface area (Å²) in [6.07, 6.45) is 1.19. The van der Waals surface area contributed by atoms with Gasteiger partial charge in [0.25, 0.3) is 0 Å². The average molecular weight is 447 g/mol. The smallest absolute Gasteiger partial charge is 0.193 e. The Hall–Kier alpha value is -1.90. The zero-order valence-electron chi connectivity index (χ0n) is 19.7. The molecule has 3 aliphatic heterocycles. The van der Waals surface area contributed by atoms with Gasteiger partial charge in [-0.1, -0.05) is 13.0 Å². The number of guanidine groups is 1. The highest BCUT2D eigenvalue weighted by Crippen LogP contribution is 2.22. The van der Waals surface area contributed by atoms with E-state index in [9.17, 15) is 4.39 Å². The minimum absolute atomic E-state index is 0.129. The van der Waals surface area contributed by atoms with Crippen molar-refractivity contribution in [2.45, 2.75) is 19.9 Å². The molecule has 0 bridgehead atoms. The predicted molar refractivity (Wildman–Crippen MR) is 128 cm³/mol. The number of piperazine rings is 1. The first-order valence-corrected chi connectivity index (χ1v) is 12.2. The lowest BCUT2D eigenvalue weighted by Crippen LogP contribution is -2.46. The fraction of sp³-hybridized carbons (Fsp3) is 0.708. The van der Waals surface area contributed by atoms with Crippen molar-refractivity contribution in [3.63, 3.8) is 0 Å². The van der Waals surface area contributed by atoms with Crippen molar-refractivity contribution in [1.29, 1.82) is 0 Å². The van der Waals surface area contributed by atoms with E-state index < -0.39 is 0 Å². The van der Waals surface area contributed by atoms with E-state index in [1.807, 2.05) is 19.2 Å². The van der Waals surface area contributed by atoms with Gasteiger partial charge in [0.05, 0.1) is 18.9 Å². The van der Waals surface area contributed by atoms with Crippen LogP contribution in [0.3, 0.4) is 0 Å². The van der Waals surface area contributed by atoms with Gasteiger partial charge in [-0.2, -0.15) is 0 Å². The van der Waals surface area contributed by atoms with Crippen LogP contribution in [-0.2, 0) is 11.3 Å². The Kier molecular flexibility index (Phi) is 8.21. The molecule has 1 N–H and O–H groups in total. The van der Waals surface area contributed by atoms with Gasteiger partial charge >= 0.3 is 0 Å². The molecule has 178 valence electrons. The maximum atomic E-state index is 14.9. The molecule has 1 unspecified atom stereocenters. The summed E-state index contributed by atoms with van der Waals surface area (Å²) < 4.78 is 20.3. The summed E-state index contributed by atoms with van der Waals surface area (Å²) in [4.78, 5) is 13.9. The number of rotatable bonds is 6. The SMILES string of the molecule is CCN1CCN(c2ccc(CNC(=NC)N3CCC(CN4CCOCC4)C3)cc2F)CC1. The summed E-state index contributed by atoms with van der Waals surface area (Å²) >= 11 is 0. The Labute approximate surface area is 192 Å². The third-order valence-corrected chi connectivity index (χ3v) is 7.04. The van der Waals surface area contributed by atoms with Gasteiger partial charge in [-0.3, -0.25) is 9.89 Å². The number of benzene rings is 1. The molecule has 0 spiro atoms. The summed E-state index contributed by atoms with van der Waals surface area (Å²) in [5.74, 6) is 1.45. The Morgan fingerprint density at radius 3 is 2.56 bits per heavy atom. The monoisotopic (exact) mass is 446 g/mol. The van der Waals surface area contributed by atoms with Crippen molar-refractivity contribution in [1.82, 2.24) is 20.0 Å². The lowest BCUT2D eigenvalue weighted by atomic mass is 10.1. The van der Waals surface area contributed by atoms with Crippen LogP contribution < -0.4 is 10.2 Å². The van der Waals surface area contributed by atoms with E-state index in [2.05, 4.69) is 36.8 Å². The van der Waals surface area contributed by atoms with Crippen molar-refractivity contribution >= 4 is 11.6 Å². The summed E-state index contributed by atoms with van der Waals surface area (Å²) in [6, 6.07) is 5.65. The van der Waals surface area contributed by atoms with Crippen LogP contribution in [-0.4, -0.2) is 106 Å². The van der Waals surface area contributed by atoms with E-state index in [4.69, 9.17) is 4.74 Å². The van der Waals surface area contributed by atoms with Gasteiger partial charge in [0, 0.05) is 72.5 Å². The second kappa shape index (κ2) is 11.3. The van der Waals surface area contributed by atoms with Gasteiger partial charge in [-0.25, -0.2) is 4.39 Å². The maximum absolute atomic E-state index is 14.9. The fourth-order valence-corrected chi connectivity index (χ4v) is 5.06. The number of hydrogen-bond acceptors (Lipinski definition) is 5. The minimum atomic E-state index is -0.129. The molecule has 3 aliphatic rings. The zero-order valence-corrected chi connectivity index (χ0v) is 19.7. The molecule has 1 aromatic rings. The van der Waals surface area contributed by atoms with Gasteiger partial charge in [0.1, 0.15) is 5.82 Å². The number of anilines is 1. The summed E-state index contributed by atoms with van der Waals surface area (Å²) in [5.41, 5.74) is 1.67. The number of halogens is 1. The molecule has 8 heteroatoms. The molecule has 7 nitrogen and oxygen atoms in total. The van der Waals surface area contributed by atoms with Crippen LogP contribution in [0.5, 0.6) is 0 Å². The molecular formula is C24H39FN6O. The van der Waals surface area contributed by atoms with Crippen molar-refractivity contribution < 1.29 is 9.13 Å². The molecule has 3 heterocycles. The highest BCUT2D eigenvalue weighted by atomic mass is 19.1. The van der Waals surface area contributed by atoms with Gasteiger partial charge in [0.2, 0.25) is 0 Å². The molecule has 4 rings (SSSR count). The molecule has 0 saturated carbocycles. The van der Waals surface area contributed by atoms with Crippen LogP contribution in [0, 0.1) is 11.7 Å². The van der Waals surface area contributed by atoms with Crippen LogP contribution in [0.1, 0.15) is 18.9 Å². The number of morpholine rings is 1. The van der Waals surface area contributed by atoms with Crippen molar-refractivity contribution in [2.75, 3.05) is 90.6 Å². The molecule has 0 radical (unpaired) electrons. The number of likely N-dealkylation sites (N-methyl/N-ethyl adjacent to an activating group) is 1. The van der Waals surface area contributed by atoms with Crippen LogP contribution in [0.2, 0.25) is 0 Å². The second-order valence-electron chi connectivity index (χ2n) is 9.12. The maximum Gasteiger partial charge on any atom is 0.193 e. The molecule has 32 heavy (non-hydrogen) atoms. The Bertz CT molecular complexity index is 761. The molecular weight excluding hydrogens is 407 g/mol. The Balaban J connectivity index is 1.26. The molecule has 1 aromatic carbocycles. The van der Waals surface area contributed by atoms with E-state index in [1.165, 1.54) is 6.42 Å². The number of aliphatic imine (C=N–C) groups is 1. The fourth-order valence-electron chi connectivity index (χ4n) is 5.06. The predicted octanol–water partition coefficient (Wildman–Crippen LogP) is 1.70. The first kappa shape index (κ1) is 23.3. The largest absolute Gasteiger partial charge is 0.379 e. The highest BCUT2D eigenvalue weighted by molar-refractivity contribution is 5.80. The van der Waals surface area contributed by atoms with Crippen molar-refractivity contribution in [3.8, 4) is 0 Å². The molecule has 3 saturated heterocycles. The Morgan fingerprint density at radius 2 is 1.88 bits per heavy atom. The number of hydrogen-bond donors (Lipinski definition) is 1. The highest BCUT2D eigenvalue weighted by Gasteiger charge is 2.27. The molecule has 0 aromatic heterocycles. The number of nitrogens with zero attached hydrogens (tertiary/aromatic N) is 5. The van der Waals surface area contributed by atoms with Crippen LogP contribution in [0.25, 0.3) is 0 Å². The lowest BCUT2D eigenvalue weighted by molar-refractivity contribution is 0.0315. The summed E-state index contributed by atoms with van der Waals surface area (Å²) in [7, 11) is 1.83. The summed E-state index contributed by atoms with van der Waals surface area (Å²) in [5, 5.41) is 3.45. The van der Waals surface area contributed by atoms with E-state index in [-0.39, 0.29) is 5.82 Å². The topological polar surface area (TPSA) is 46.6 Å². The molecule has 0 amide bonds. The van der Waals surface area contributed by atoms with Gasteiger partial charge in [-0.05, 0) is 36.6 Å². The Morgan fingerprint density at radius 1 is 1.09 bits per heavy atom. The molecule has 0 aliphatic carbocycles. The lowest BCUT2D eigenvalue weighted by Gasteiger charge is -2.35. The molecule has 1 atom stereocenters. The van der Waals surface area contributed by atoms with E-state index in [0.29, 0.717) is 12.5 Å². The summed E-state index contributed by atoms with van der Waals surface area (Å²) in [6.45, 7) is 14.5. The third-order valence-electron chi connectivity index (χ3n) is 7.04. The van der Waals surface area contributed by atoms with E-state index in [0.717, 1.165) is 95.9 Å². The number of nitrogens with one attached hydrogen (secondary N) is 1. The minimum Gasteiger partial charge on any atom is -0.379 e. The van der Waals surface area contributed by atoms with E-state index >= 15 is 0 Å². The quantitative estimate of drug-likeness (QED) is 0.530. The van der Waals surface area contributed by atoms with Crippen LogP contribution in [0.15, 0.2) is 23.2 Å². The normalized spacial score (nSPS) is 23.7. The standard InChI is InChI=1S/C24H39FN6O/c1-3-28-8-10-30(11-9-28)23-5-4-20(16-22(23)25)17-27-24(26-2)31-7-6-21(19-31)18-29-12-14-32-15-13-29/h4-5,16,21H,3,6-15,17-19H2,1-2H3,(H,26,27). The number of likely N-dealkylation sites (tertiary alicyclic amines) is 1. The van der Waals surface area contributed by atoms with Gasteiger partial charge in [0.15, 0.2) is 5.96 Å². The van der Waals surface area contributed by atoms with Crippen molar-refractivity contribution in [3.05, 3.63) is 29.6 Å². The molecule has 3 fully saturated rings. The van der Waals surface area contributed by atoms with E-state index in [1.54, 1.807) is 6.07 Å². The van der Waals surface area contributed by atoms with Gasteiger partial charge < -0.3 is 24.8 Å². The average Bonchev–Trinajstić information content (AvgIpc) is 3.28. The first-order chi connectivity index (χ1) is 15.7. The van der Waals surface area contributed by atoms with Crippen LogP contribution in [0.4, 0.5) is 10.1 Å². The number of ether oxygens (including phenoxy) is 1. The van der Waals surface area contributed by atoms with Crippen LogP contribution >= 0.6 is 0 Å². The van der Waals surface area contributed by atoms with Gasteiger partial charge in [-0.15, -0.1) is 0 Å².